The first kappa shape index (κ1) is 11.8. The second-order valence-corrected chi connectivity index (χ2v) is 4.85. The zero-order valence-electron chi connectivity index (χ0n) is 9.89. The number of nitrogens with one attached hydrogen (secondary N) is 1. The maximum absolute atomic E-state index is 12.0. The minimum atomic E-state index is -0.199. The molecule has 0 atom stereocenters. The zero-order valence-corrected chi connectivity index (χ0v) is 10.7. The molecule has 0 aromatic carbocycles. The number of aromatic nitrogens is 4. The normalized spacial score (nSPS) is 10.8. The highest BCUT2D eigenvalue weighted by atomic mass is 32.2. The largest absolute Gasteiger partial charge is 0.362 e. The first-order valence-electron chi connectivity index (χ1n) is 5.18. The summed E-state index contributed by atoms with van der Waals surface area (Å²) in [4.78, 5) is 28.9. The average Bonchev–Trinajstić information content (AvgIpc) is 2.28. The van der Waals surface area contributed by atoms with Gasteiger partial charge in [0.2, 0.25) is 0 Å². The van der Waals surface area contributed by atoms with Gasteiger partial charge >= 0.3 is 0 Å². The molecule has 2 rings (SSSR count). The summed E-state index contributed by atoms with van der Waals surface area (Å²) in [5.41, 5.74) is 0.235. The van der Waals surface area contributed by atoms with Crippen LogP contribution in [0.4, 0.5) is 5.82 Å². The number of thioether (sulfide) groups is 1. The van der Waals surface area contributed by atoms with Gasteiger partial charge in [-0.1, -0.05) is 18.7 Å². The minimum Gasteiger partial charge on any atom is -0.362 e. The van der Waals surface area contributed by atoms with Crippen molar-refractivity contribution in [1.82, 2.24) is 19.9 Å². The van der Waals surface area contributed by atoms with E-state index >= 15 is 0 Å². The summed E-state index contributed by atoms with van der Waals surface area (Å²) in [6, 6.07) is 0. The van der Waals surface area contributed by atoms with E-state index in [2.05, 4.69) is 19.9 Å². The van der Waals surface area contributed by atoms with E-state index in [9.17, 15) is 4.79 Å². The highest BCUT2D eigenvalue weighted by molar-refractivity contribution is 7.99. The standard InChI is InChI=1S/C10H13N5OS/c1-4-17-10-13-7-6(9(16)14-10)8(15(2)3)12-5-11-7/h5H,4H2,1-3H3,(H,11,12,13,14,16). The van der Waals surface area contributed by atoms with Crippen molar-refractivity contribution in [2.24, 2.45) is 0 Å². The Morgan fingerprint density at radius 1 is 1.41 bits per heavy atom. The minimum absolute atomic E-state index is 0.199. The molecule has 0 spiro atoms. The van der Waals surface area contributed by atoms with Gasteiger partial charge in [-0.25, -0.2) is 15.0 Å². The molecule has 2 aromatic heterocycles. The molecule has 7 heteroatoms. The van der Waals surface area contributed by atoms with Crippen LogP contribution in [0.3, 0.4) is 0 Å². The molecule has 2 heterocycles. The maximum atomic E-state index is 12.0. The Morgan fingerprint density at radius 2 is 2.18 bits per heavy atom. The van der Waals surface area contributed by atoms with Gasteiger partial charge in [0, 0.05) is 14.1 Å². The van der Waals surface area contributed by atoms with Crippen LogP contribution in [0.2, 0.25) is 0 Å². The van der Waals surface area contributed by atoms with Gasteiger partial charge in [0.15, 0.2) is 10.8 Å². The van der Waals surface area contributed by atoms with Crippen molar-refractivity contribution in [1.29, 1.82) is 0 Å². The van der Waals surface area contributed by atoms with E-state index in [4.69, 9.17) is 0 Å². The molecule has 0 radical (unpaired) electrons. The smallest absolute Gasteiger partial charge is 0.264 e. The van der Waals surface area contributed by atoms with Crippen LogP contribution in [0.15, 0.2) is 16.3 Å². The number of nitrogens with zero attached hydrogens (tertiary/aromatic N) is 4. The van der Waals surface area contributed by atoms with Crippen LogP contribution in [-0.2, 0) is 0 Å². The lowest BCUT2D eigenvalue weighted by Gasteiger charge is -2.12. The number of rotatable bonds is 3. The fourth-order valence-electron chi connectivity index (χ4n) is 1.48. The molecular formula is C10H13N5OS. The van der Waals surface area contributed by atoms with Gasteiger partial charge in [-0.05, 0) is 5.75 Å². The summed E-state index contributed by atoms with van der Waals surface area (Å²) >= 11 is 1.48. The van der Waals surface area contributed by atoms with Crippen LogP contribution >= 0.6 is 11.8 Å². The summed E-state index contributed by atoms with van der Waals surface area (Å²) < 4.78 is 0. The van der Waals surface area contributed by atoms with Crippen LogP contribution in [-0.4, -0.2) is 39.8 Å². The number of hydrogen-bond acceptors (Lipinski definition) is 6. The highest BCUT2D eigenvalue weighted by Crippen LogP contribution is 2.18. The second kappa shape index (κ2) is 4.70. The number of hydrogen-bond donors (Lipinski definition) is 1. The van der Waals surface area contributed by atoms with E-state index in [0.717, 1.165) is 5.75 Å². The predicted molar refractivity (Wildman–Crippen MR) is 68.7 cm³/mol. The molecule has 0 saturated heterocycles. The molecule has 17 heavy (non-hydrogen) atoms. The van der Waals surface area contributed by atoms with Gasteiger partial charge in [0.1, 0.15) is 17.5 Å². The van der Waals surface area contributed by atoms with Gasteiger partial charge < -0.3 is 9.88 Å². The van der Waals surface area contributed by atoms with Crippen LogP contribution < -0.4 is 10.5 Å². The molecule has 0 aliphatic rings. The average molecular weight is 251 g/mol. The van der Waals surface area contributed by atoms with Crippen LogP contribution in [0, 0.1) is 0 Å². The Labute approximate surface area is 102 Å². The first-order valence-corrected chi connectivity index (χ1v) is 6.17. The van der Waals surface area contributed by atoms with Gasteiger partial charge in [0.05, 0.1) is 0 Å². The van der Waals surface area contributed by atoms with Crippen LogP contribution in [0.25, 0.3) is 11.0 Å². The number of aromatic amines is 1. The van der Waals surface area contributed by atoms with Gasteiger partial charge in [-0.15, -0.1) is 0 Å². The van der Waals surface area contributed by atoms with E-state index in [-0.39, 0.29) is 5.56 Å². The third kappa shape index (κ3) is 2.23. The molecule has 0 aliphatic heterocycles. The van der Waals surface area contributed by atoms with Crippen LogP contribution in [0.1, 0.15) is 6.92 Å². The summed E-state index contributed by atoms with van der Waals surface area (Å²) in [6.45, 7) is 2.00. The van der Waals surface area contributed by atoms with E-state index in [1.165, 1.54) is 18.1 Å². The summed E-state index contributed by atoms with van der Waals surface area (Å²) in [5.74, 6) is 1.43. The Hall–Kier alpha value is -1.63. The van der Waals surface area contributed by atoms with Gasteiger partial charge in [0.25, 0.3) is 5.56 Å². The second-order valence-electron chi connectivity index (χ2n) is 3.59. The molecule has 1 N–H and O–H groups in total. The van der Waals surface area contributed by atoms with Gasteiger partial charge in [-0.3, -0.25) is 4.79 Å². The molecule has 0 amide bonds. The van der Waals surface area contributed by atoms with Crippen molar-refractivity contribution >= 4 is 28.6 Å². The molecule has 0 unspecified atom stereocenters. The lowest BCUT2D eigenvalue weighted by atomic mass is 10.3. The monoisotopic (exact) mass is 251 g/mol. The lowest BCUT2D eigenvalue weighted by molar-refractivity contribution is 0.946. The summed E-state index contributed by atoms with van der Waals surface area (Å²) in [7, 11) is 3.66. The summed E-state index contributed by atoms with van der Waals surface area (Å²) in [5, 5.41) is 1.02. The van der Waals surface area contributed by atoms with Crippen molar-refractivity contribution in [2.45, 2.75) is 12.1 Å². The molecule has 6 nitrogen and oxygen atoms in total. The molecular weight excluding hydrogens is 238 g/mol. The molecule has 90 valence electrons. The van der Waals surface area contributed by atoms with Crippen LogP contribution in [0.5, 0.6) is 0 Å². The van der Waals surface area contributed by atoms with Crippen molar-refractivity contribution in [3.63, 3.8) is 0 Å². The quantitative estimate of drug-likeness (QED) is 0.645. The Kier molecular flexibility index (Phi) is 3.28. The van der Waals surface area contributed by atoms with E-state index in [0.29, 0.717) is 22.0 Å². The number of anilines is 1. The van der Waals surface area contributed by atoms with E-state index in [1.54, 1.807) is 4.90 Å². The Balaban J connectivity index is 2.72. The first-order chi connectivity index (χ1) is 8.13. The maximum Gasteiger partial charge on any atom is 0.264 e. The van der Waals surface area contributed by atoms with Crippen molar-refractivity contribution in [3.05, 3.63) is 16.7 Å². The van der Waals surface area contributed by atoms with Gasteiger partial charge in [-0.2, -0.15) is 0 Å². The number of H-pyrrole nitrogens is 1. The Morgan fingerprint density at radius 3 is 2.82 bits per heavy atom. The predicted octanol–water partition coefficient (Wildman–Crippen LogP) is 0.891. The number of fused-ring (bicyclic) bond motifs is 1. The topological polar surface area (TPSA) is 74.8 Å². The third-order valence-electron chi connectivity index (χ3n) is 2.17. The fraction of sp³-hybridized carbons (Fsp3) is 0.400. The van der Waals surface area contributed by atoms with Crippen molar-refractivity contribution < 1.29 is 0 Å². The SMILES string of the molecule is CCSc1nc2ncnc(N(C)C)c2c(=O)[nH]1. The summed E-state index contributed by atoms with van der Waals surface area (Å²) in [6.07, 6.45) is 1.42. The lowest BCUT2D eigenvalue weighted by Crippen LogP contribution is -2.18. The molecule has 2 aromatic rings. The molecule has 0 fully saturated rings. The fourth-order valence-corrected chi connectivity index (χ4v) is 2.07. The Bertz CT molecular complexity index is 595. The molecule has 0 saturated carbocycles. The van der Waals surface area contributed by atoms with E-state index in [1.807, 2.05) is 21.0 Å². The third-order valence-corrected chi connectivity index (χ3v) is 2.92. The van der Waals surface area contributed by atoms with Crippen molar-refractivity contribution in [2.75, 3.05) is 24.7 Å². The zero-order chi connectivity index (χ0) is 12.4. The highest BCUT2D eigenvalue weighted by Gasteiger charge is 2.12. The molecule has 0 bridgehead atoms. The molecule has 0 aliphatic carbocycles. The van der Waals surface area contributed by atoms with E-state index < -0.39 is 0 Å². The van der Waals surface area contributed by atoms with Crippen molar-refractivity contribution in [3.8, 4) is 0 Å².